The molecule has 0 atom stereocenters. The lowest BCUT2D eigenvalue weighted by Gasteiger charge is -2.22. The molecule has 0 aliphatic carbocycles. The lowest BCUT2D eigenvalue weighted by Crippen LogP contribution is -2.28. The summed E-state index contributed by atoms with van der Waals surface area (Å²) in [5.74, 6) is 0. The summed E-state index contributed by atoms with van der Waals surface area (Å²) in [4.78, 5) is 0. The van der Waals surface area contributed by atoms with Crippen molar-refractivity contribution < 1.29 is 0 Å². The second-order valence-corrected chi connectivity index (χ2v) is 3.30. The fourth-order valence-corrected chi connectivity index (χ4v) is 0.588. The molecule has 0 saturated heterocycles. The largest absolute Gasteiger partial charge is 0.316 e. The third kappa shape index (κ3) is 4.46. The molecule has 56 valence electrons. The molecule has 0 aliphatic rings. The fraction of sp³-hybridized carbons (Fsp3) is 1.00. The Morgan fingerprint density at radius 1 is 1.22 bits per heavy atom. The molecule has 0 aliphatic heterocycles. The third-order valence-electron chi connectivity index (χ3n) is 1.81. The predicted molar refractivity (Wildman–Crippen MR) is 42.6 cm³/mol. The molecule has 1 N–H and O–H groups in total. The molecule has 0 unspecified atom stereocenters. The van der Waals surface area contributed by atoms with Crippen molar-refractivity contribution >= 4 is 0 Å². The van der Waals surface area contributed by atoms with Gasteiger partial charge in [0, 0.05) is 6.54 Å². The minimum Gasteiger partial charge on any atom is -0.316 e. The van der Waals surface area contributed by atoms with Crippen molar-refractivity contribution in [1.29, 1.82) is 0 Å². The van der Waals surface area contributed by atoms with Gasteiger partial charge in [-0.2, -0.15) is 0 Å². The van der Waals surface area contributed by atoms with Crippen molar-refractivity contribution in [2.75, 3.05) is 13.1 Å². The molecule has 0 heterocycles. The second kappa shape index (κ2) is 3.89. The van der Waals surface area contributed by atoms with Crippen molar-refractivity contribution in [3.63, 3.8) is 0 Å². The van der Waals surface area contributed by atoms with E-state index in [0.717, 1.165) is 13.1 Å². The van der Waals surface area contributed by atoms with Gasteiger partial charge in [-0.25, -0.2) is 0 Å². The maximum absolute atomic E-state index is 3.34. The van der Waals surface area contributed by atoms with Crippen molar-refractivity contribution in [3.05, 3.63) is 0 Å². The zero-order valence-corrected chi connectivity index (χ0v) is 7.12. The summed E-state index contributed by atoms with van der Waals surface area (Å²) in [7, 11) is 0. The summed E-state index contributed by atoms with van der Waals surface area (Å²) in [5.41, 5.74) is 0.482. The molecule has 9 heavy (non-hydrogen) atoms. The van der Waals surface area contributed by atoms with Crippen molar-refractivity contribution in [1.82, 2.24) is 5.32 Å². The van der Waals surface area contributed by atoms with E-state index >= 15 is 0 Å². The highest BCUT2D eigenvalue weighted by Crippen LogP contribution is 2.17. The normalized spacial score (nSPS) is 12.0. The van der Waals surface area contributed by atoms with Crippen LogP contribution in [0.1, 0.15) is 34.1 Å². The summed E-state index contributed by atoms with van der Waals surface area (Å²) in [5, 5.41) is 3.34. The summed E-state index contributed by atoms with van der Waals surface area (Å²) in [6.45, 7) is 11.2. The van der Waals surface area contributed by atoms with E-state index in [1.807, 2.05) is 0 Å². The van der Waals surface area contributed by atoms with E-state index in [9.17, 15) is 0 Å². The van der Waals surface area contributed by atoms with Crippen LogP contribution in [0.2, 0.25) is 0 Å². The van der Waals surface area contributed by atoms with Crippen LogP contribution in [-0.2, 0) is 0 Å². The van der Waals surface area contributed by atoms with Crippen LogP contribution in [0.15, 0.2) is 0 Å². The van der Waals surface area contributed by atoms with Crippen molar-refractivity contribution in [2.24, 2.45) is 5.41 Å². The van der Waals surface area contributed by atoms with E-state index in [-0.39, 0.29) is 0 Å². The van der Waals surface area contributed by atoms with Crippen LogP contribution in [-0.4, -0.2) is 13.1 Å². The fourth-order valence-electron chi connectivity index (χ4n) is 0.588. The molecule has 0 radical (unpaired) electrons. The zero-order chi connectivity index (χ0) is 7.33. The minimum atomic E-state index is 0.482. The summed E-state index contributed by atoms with van der Waals surface area (Å²) in [6, 6.07) is 0. The third-order valence-corrected chi connectivity index (χ3v) is 1.81. The average molecular weight is 129 g/mol. The molecule has 0 bridgehead atoms. The lowest BCUT2D eigenvalue weighted by atomic mass is 9.90. The smallest absolute Gasteiger partial charge is 0.000230 e. The Morgan fingerprint density at radius 2 is 1.78 bits per heavy atom. The topological polar surface area (TPSA) is 12.0 Å². The molecule has 1 heteroatoms. The van der Waals surface area contributed by atoms with Crippen LogP contribution in [0.4, 0.5) is 0 Å². The van der Waals surface area contributed by atoms with Gasteiger partial charge >= 0.3 is 0 Å². The molecule has 0 rings (SSSR count). The molecule has 1 nitrogen and oxygen atoms in total. The van der Waals surface area contributed by atoms with Gasteiger partial charge in [-0.05, 0) is 18.4 Å². The first-order valence-electron chi connectivity index (χ1n) is 3.83. The van der Waals surface area contributed by atoms with E-state index in [2.05, 4.69) is 33.0 Å². The van der Waals surface area contributed by atoms with E-state index in [1.54, 1.807) is 0 Å². The van der Waals surface area contributed by atoms with Gasteiger partial charge in [0.25, 0.3) is 0 Å². The molecule has 0 spiro atoms. The quantitative estimate of drug-likeness (QED) is 0.612. The first kappa shape index (κ1) is 8.96. The summed E-state index contributed by atoms with van der Waals surface area (Å²) >= 11 is 0. The van der Waals surface area contributed by atoms with Gasteiger partial charge in [0.1, 0.15) is 0 Å². The highest BCUT2D eigenvalue weighted by Gasteiger charge is 2.12. The van der Waals surface area contributed by atoms with Gasteiger partial charge in [0.15, 0.2) is 0 Å². The van der Waals surface area contributed by atoms with E-state index in [1.165, 1.54) is 6.42 Å². The van der Waals surface area contributed by atoms with Crippen LogP contribution < -0.4 is 5.32 Å². The molecule has 0 amide bonds. The number of rotatable bonds is 4. The zero-order valence-electron chi connectivity index (χ0n) is 7.12. The molecular formula is C8H19N. The van der Waals surface area contributed by atoms with Crippen molar-refractivity contribution in [3.8, 4) is 0 Å². The van der Waals surface area contributed by atoms with Gasteiger partial charge in [0.05, 0.1) is 0 Å². The van der Waals surface area contributed by atoms with Crippen LogP contribution in [0.5, 0.6) is 0 Å². The van der Waals surface area contributed by atoms with Gasteiger partial charge in [-0.15, -0.1) is 0 Å². The van der Waals surface area contributed by atoms with E-state index in [4.69, 9.17) is 0 Å². The Hall–Kier alpha value is -0.0400. The highest BCUT2D eigenvalue weighted by molar-refractivity contribution is 4.68. The van der Waals surface area contributed by atoms with Gasteiger partial charge in [0.2, 0.25) is 0 Å². The molecule has 0 fully saturated rings. The van der Waals surface area contributed by atoms with E-state index in [0.29, 0.717) is 5.41 Å². The highest BCUT2D eigenvalue weighted by atomic mass is 14.9. The van der Waals surface area contributed by atoms with Crippen molar-refractivity contribution in [2.45, 2.75) is 34.1 Å². The van der Waals surface area contributed by atoms with Crippen LogP contribution >= 0.6 is 0 Å². The Balaban J connectivity index is 3.33. The Morgan fingerprint density at radius 3 is 2.11 bits per heavy atom. The number of hydrogen-bond donors (Lipinski definition) is 1. The first-order chi connectivity index (χ1) is 4.12. The minimum absolute atomic E-state index is 0.482. The van der Waals surface area contributed by atoms with E-state index < -0.39 is 0 Å². The monoisotopic (exact) mass is 129 g/mol. The molecule has 0 aromatic rings. The molecular weight excluding hydrogens is 110 g/mol. The lowest BCUT2D eigenvalue weighted by molar-refractivity contribution is 0.332. The standard InChI is InChI=1S/C8H19N/c1-5-8(3,4)7-9-6-2/h9H,5-7H2,1-4H3. The van der Waals surface area contributed by atoms with Gasteiger partial charge < -0.3 is 5.32 Å². The van der Waals surface area contributed by atoms with Crippen LogP contribution in [0.25, 0.3) is 0 Å². The Labute approximate surface area is 58.8 Å². The summed E-state index contributed by atoms with van der Waals surface area (Å²) in [6.07, 6.45) is 1.25. The maximum Gasteiger partial charge on any atom is 0.000230 e. The second-order valence-electron chi connectivity index (χ2n) is 3.30. The summed E-state index contributed by atoms with van der Waals surface area (Å²) < 4.78 is 0. The van der Waals surface area contributed by atoms with Gasteiger partial charge in [-0.1, -0.05) is 27.7 Å². The van der Waals surface area contributed by atoms with Crippen LogP contribution in [0, 0.1) is 5.41 Å². The number of hydrogen-bond acceptors (Lipinski definition) is 1. The SMILES string of the molecule is CCNCC(C)(C)CC. The van der Waals surface area contributed by atoms with Crippen LogP contribution in [0.3, 0.4) is 0 Å². The predicted octanol–water partition coefficient (Wildman–Crippen LogP) is 2.03. The molecule has 0 aromatic carbocycles. The molecule has 0 aromatic heterocycles. The number of nitrogens with one attached hydrogen (secondary N) is 1. The average Bonchev–Trinajstić information content (AvgIpc) is 1.84. The molecule has 0 saturated carbocycles. The maximum atomic E-state index is 3.34. The first-order valence-corrected chi connectivity index (χ1v) is 3.83. The Kier molecular flexibility index (Phi) is 3.87. The Bertz CT molecular complexity index is 67.0. The van der Waals surface area contributed by atoms with Gasteiger partial charge in [-0.3, -0.25) is 0 Å².